The first-order valence-electron chi connectivity index (χ1n) is 6.76. The SMILES string of the molecule is CCSc1ccc(-c2ccc(C(F)(F)F)cc2)nc1C(=O)OC. The van der Waals surface area contributed by atoms with Crippen molar-refractivity contribution in [3.63, 3.8) is 0 Å². The number of hydrogen-bond acceptors (Lipinski definition) is 4. The van der Waals surface area contributed by atoms with Crippen LogP contribution in [0.1, 0.15) is 23.0 Å². The van der Waals surface area contributed by atoms with Gasteiger partial charge in [-0.3, -0.25) is 0 Å². The van der Waals surface area contributed by atoms with E-state index in [-0.39, 0.29) is 5.69 Å². The summed E-state index contributed by atoms with van der Waals surface area (Å²) in [6, 6.07) is 8.04. The first-order chi connectivity index (χ1) is 10.9. The molecule has 0 spiro atoms. The van der Waals surface area contributed by atoms with Crippen LogP contribution in [-0.4, -0.2) is 23.8 Å². The van der Waals surface area contributed by atoms with Crippen LogP contribution in [0.15, 0.2) is 41.3 Å². The third kappa shape index (κ3) is 4.04. The number of hydrogen-bond donors (Lipinski definition) is 0. The van der Waals surface area contributed by atoms with Crippen LogP contribution >= 0.6 is 11.8 Å². The quantitative estimate of drug-likeness (QED) is 0.599. The summed E-state index contributed by atoms with van der Waals surface area (Å²) in [5.74, 6) is 0.181. The second kappa shape index (κ2) is 7.04. The minimum atomic E-state index is -4.38. The van der Waals surface area contributed by atoms with E-state index in [4.69, 9.17) is 4.74 Å². The van der Waals surface area contributed by atoms with E-state index in [0.717, 1.165) is 17.9 Å². The summed E-state index contributed by atoms with van der Waals surface area (Å²) >= 11 is 1.44. The van der Waals surface area contributed by atoms with Crippen molar-refractivity contribution in [1.82, 2.24) is 4.98 Å². The Hall–Kier alpha value is -2.02. The Morgan fingerprint density at radius 3 is 2.35 bits per heavy atom. The number of esters is 1. The van der Waals surface area contributed by atoms with Gasteiger partial charge in [-0.05, 0) is 30.0 Å². The van der Waals surface area contributed by atoms with Gasteiger partial charge in [0, 0.05) is 10.5 Å². The lowest BCUT2D eigenvalue weighted by Gasteiger charge is -2.10. The standard InChI is InChI=1S/C16H14F3NO2S/c1-3-23-13-9-8-12(20-14(13)15(21)22-2)10-4-6-11(7-5-10)16(17,18)19/h4-9H,3H2,1-2H3. The molecule has 0 aliphatic heterocycles. The third-order valence-electron chi connectivity index (χ3n) is 3.04. The van der Waals surface area contributed by atoms with Crippen LogP contribution in [0.2, 0.25) is 0 Å². The minimum absolute atomic E-state index is 0.164. The highest BCUT2D eigenvalue weighted by molar-refractivity contribution is 7.99. The van der Waals surface area contributed by atoms with E-state index in [1.165, 1.54) is 31.0 Å². The molecule has 0 radical (unpaired) electrons. The molecule has 1 aromatic heterocycles. The van der Waals surface area contributed by atoms with Gasteiger partial charge in [0.1, 0.15) is 0 Å². The zero-order valence-corrected chi connectivity index (χ0v) is 13.3. The average Bonchev–Trinajstić information content (AvgIpc) is 2.54. The number of ether oxygens (including phenoxy) is 1. The number of benzene rings is 1. The van der Waals surface area contributed by atoms with Gasteiger partial charge in [-0.25, -0.2) is 9.78 Å². The number of carbonyl (C=O) groups excluding carboxylic acids is 1. The van der Waals surface area contributed by atoms with Gasteiger partial charge in [0.25, 0.3) is 0 Å². The summed E-state index contributed by atoms with van der Waals surface area (Å²) in [6.07, 6.45) is -4.38. The normalized spacial score (nSPS) is 11.3. The summed E-state index contributed by atoms with van der Waals surface area (Å²) in [5, 5.41) is 0. The molecular weight excluding hydrogens is 327 g/mol. The van der Waals surface area contributed by atoms with Crippen molar-refractivity contribution in [3.05, 3.63) is 47.7 Å². The van der Waals surface area contributed by atoms with E-state index in [0.29, 0.717) is 16.2 Å². The number of thioether (sulfide) groups is 1. The van der Waals surface area contributed by atoms with Crippen LogP contribution in [0.5, 0.6) is 0 Å². The highest BCUT2D eigenvalue weighted by Gasteiger charge is 2.30. The molecule has 0 aliphatic carbocycles. The fourth-order valence-electron chi connectivity index (χ4n) is 1.95. The van der Waals surface area contributed by atoms with Crippen LogP contribution in [0, 0.1) is 0 Å². The molecule has 0 saturated carbocycles. The fraction of sp³-hybridized carbons (Fsp3) is 0.250. The van der Waals surface area contributed by atoms with Gasteiger partial charge >= 0.3 is 12.1 Å². The minimum Gasteiger partial charge on any atom is -0.464 e. The van der Waals surface area contributed by atoms with Gasteiger partial charge < -0.3 is 4.74 Å². The predicted octanol–water partition coefficient (Wildman–Crippen LogP) is 4.67. The summed E-state index contributed by atoms with van der Waals surface area (Å²) in [4.78, 5) is 16.8. The van der Waals surface area contributed by atoms with E-state index >= 15 is 0 Å². The number of rotatable bonds is 4. The summed E-state index contributed by atoms with van der Waals surface area (Å²) < 4.78 is 42.5. The Labute approximate surface area is 135 Å². The molecule has 0 aliphatic rings. The van der Waals surface area contributed by atoms with Gasteiger partial charge in [0.05, 0.1) is 18.4 Å². The van der Waals surface area contributed by atoms with Crippen molar-refractivity contribution in [3.8, 4) is 11.3 Å². The fourth-order valence-corrected chi connectivity index (χ4v) is 2.69. The summed E-state index contributed by atoms with van der Waals surface area (Å²) in [5.41, 5.74) is 0.347. The molecule has 1 aromatic carbocycles. The predicted molar refractivity (Wildman–Crippen MR) is 82.4 cm³/mol. The van der Waals surface area contributed by atoms with Crippen LogP contribution in [-0.2, 0) is 10.9 Å². The van der Waals surface area contributed by atoms with Gasteiger partial charge in [0.2, 0.25) is 0 Å². The molecule has 0 fully saturated rings. The maximum atomic E-state index is 12.6. The second-order valence-corrected chi connectivity index (χ2v) is 5.85. The number of aromatic nitrogens is 1. The number of pyridine rings is 1. The summed E-state index contributed by atoms with van der Waals surface area (Å²) in [6.45, 7) is 1.94. The Balaban J connectivity index is 2.42. The van der Waals surface area contributed by atoms with E-state index < -0.39 is 17.7 Å². The molecule has 1 heterocycles. The molecule has 0 bridgehead atoms. The lowest BCUT2D eigenvalue weighted by atomic mass is 10.1. The molecule has 0 unspecified atom stereocenters. The Bertz CT molecular complexity index is 699. The Morgan fingerprint density at radius 1 is 1.17 bits per heavy atom. The molecule has 0 N–H and O–H groups in total. The van der Waals surface area contributed by atoms with Gasteiger partial charge in [-0.15, -0.1) is 11.8 Å². The van der Waals surface area contributed by atoms with Crippen molar-refractivity contribution >= 4 is 17.7 Å². The maximum Gasteiger partial charge on any atom is 0.416 e. The van der Waals surface area contributed by atoms with Crippen LogP contribution in [0.4, 0.5) is 13.2 Å². The topological polar surface area (TPSA) is 39.2 Å². The zero-order valence-electron chi connectivity index (χ0n) is 12.5. The highest BCUT2D eigenvalue weighted by atomic mass is 32.2. The molecule has 23 heavy (non-hydrogen) atoms. The number of halogens is 3. The molecule has 0 saturated heterocycles. The van der Waals surface area contributed by atoms with Crippen molar-refractivity contribution in [1.29, 1.82) is 0 Å². The van der Waals surface area contributed by atoms with Gasteiger partial charge in [-0.1, -0.05) is 19.1 Å². The highest BCUT2D eigenvalue weighted by Crippen LogP contribution is 2.31. The molecular formula is C16H14F3NO2S. The number of alkyl halides is 3. The van der Waals surface area contributed by atoms with Crippen molar-refractivity contribution < 1.29 is 22.7 Å². The number of methoxy groups -OCH3 is 1. The van der Waals surface area contributed by atoms with Crippen molar-refractivity contribution in [2.24, 2.45) is 0 Å². The number of carbonyl (C=O) groups is 1. The molecule has 0 amide bonds. The van der Waals surface area contributed by atoms with Gasteiger partial charge in [0.15, 0.2) is 5.69 Å². The lowest BCUT2D eigenvalue weighted by molar-refractivity contribution is -0.137. The smallest absolute Gasteiger partial charge is 0.416 e. The van der Waals surface area contributed by atoms with E-state index in [2.05, 4.69) is 4.98 Å². The monoisotopic (exact) mass is 341 g/mol. The van der Waals surface area contributed by atoms with Crippen molar-refractivity contribution in [2.75, 3.05) is 12.9 Å². The second-order valence-electron chi connectivity index (χ2n) is 4.54. The first-order valence-corrected chi connectivity index (χ1v) is 7.75. The lowest BCUT2D eigenvalue weighted by Crippen LogP contribution is -2.07. The van der Waals surface area contributed by atoms with E-state index in [1.807, 2.05) is 6.92 Å². The largest absolute Gasteiger partial charge is 0.464 e. The third-order valence-corrected chi connectivity index (χ3v) is 3.97. The zero-order chi connectivity index (χ0) is 17.0. The van der Waals surface area contributed by atoms with Gasteiger partial charge in [-0.2, -0.15) is 13.2 Å². The van der Waals surface area contributed by atoms with E-state index in [9.17, 15) is 18.0 Å². The van der Waals surface area contributed by atoms with Crippen LogP contribution < -0.4 is 0 Å². The van der Waals surface area contributed by atoms with Crippen LogP contribution in [0.25, 0.3) is 11.3 Å². The Morgan fingerprint density at radius 2 is 1.83 bits per heavy atom. The molecule has 2 rings (SSSR count). The molecule has 0 atom stereocenters. The number of nitrogens with zero attached hydrogens (tertiary/aromatic N) is 1. The maximum absolute atomic E-state index is 12.6. The van der Waals surface area contributed by atoms with Crippen molar-refractivity contribution in [2.45, 2.75) is 18.0 Å². The summed E-state index contributed by atoms with van der Waals surface area (Å²) in [7, 11) is 1.26. The van der Waals surface area contributed by atoms with Crippen LogP contribution in [0.3, 0.4) is 0 Å². The van der Waals surface area contributed by atoms with E-state index in [1.54, 1.807) is 12.1 Å². The molecule has 7 heteroatoms. The molecule has 3 nitrogen and oxygen atoms in total. The molecule has 2 aromatic rings. The Kier molecular flexibility index (Phi) is 5.30. The molecule has 122 valence electrons. The average molecular weight is 341 g/mol. The first kappa shape index (κ1) is 17.3.